The van der Waals surface area contributed by atoms with Crippen molar-refractivity contribution in [3.05, 3.63) is 28.6 Å². The quantitative estimate of drug-likeness (QED) is 0.887. The Labute approximate surface area is 124 Å². The summed E-state index contributed by atoms with van der Waals surface area (Å²) in [5, 5.41) is 16.7. The average Bonchev–Trinajstić information content (AvgIpc) is 3.00. The van der Waals surface area contributed by atoms with Crippen LogP contribution in [0.25, 0.3) is 0 Å². The monoisotopic (exact) mass is 296 g/mol. The van der Waals surface area contributed by atoms with E-state index in [1.807, 2.05) is 16.3 Å². The van der Waals surface area contributed by atoms with Crippen LogP contribution in [0.5, 0.6) is 0 Å². The van der Waals surface area contributed by atoms with Crippen molar-refractivity contribution in [2.45, 2.75) is 46.3 Å². The fourth-order valence-corrected chi connectivity index (χ4v) is 2.55. The van der Waals surface area contributed by atoms with Crippen molar-refractivity contribution >= 4 is 11.6 Å². The predicted octanol–water partition coefficient (Wildman–Crippen LogP) is 2.10. The van der Waals surface area contributed by atoms with Gasteiger partial charge in [-0.15, -0.1) is 10.2 Å². The van der Waals surface area contributed by atoms with Gasteiger partial charge in [0, 0.05) is 20.1 Å². The van der Waals surface area contributed by atoms with E-state index < -0.39 is 0 Å². The minimum atomic E-state index is 0.101. The van der Waals surface area contributed by atoms with Crippen LogP contribution in [-0.4, -0.2) is 24.5 Å². The molecule has 2 aromatic heterocycles. The number of aromatic nitrogens is 5. The van der Waals surface area contributed by atoms with Crippen molar-refractivity contribution in [3.8, 4) is 0 Å². The van der Waals surface area contributed by atoms with E-state index in [1.54, 1.807) is 6.33 Å². The normalized spacial score (nSPS) is 12.8. The molecule has 0 bridgehead atoms. The fraction of sp³-hybridized carbons (Fsp3) is 0.615. The van der Waals surface area contributed by atoms with Crippen molar-refractivity contribution in [1.82, 2.24) is 29.9 Å². The van der Waals surface area contributed by atoms with Gasteiger partial charge in [-0.25, -0.2) is 0 Å². The smallest absolute Gasteiger partial charge is 0.149 e. The number of nitrogens with zero attached hydrogens (tertiary/aromatic N) is 5. The molecule has 2 heterocycles. The molecule has 1 atom stereocenters. The molecule has 0 saturated carbocycles. The highest BCUT2D eigenvalue weighted by atomic mass is 35.5. The minimum Gasteiger partial charge on any atom is -0.319 e. The summed E-state index contributed by atoms with van der Waals surface area (Å²) in [6.07, 6.45) is 2.55. The molecule has 2 aromatic rings. The van der Waals surface area contributed by atoms with Gasteiger partial charge in [-0.1, -0.05) is 18.5 Å². The van der Waals surface area contributed by atoms with Crippen LogP contribution < -0.4 is 5.32 Å². The summed E-state index contributed by atoms with van der Waals surface area (Å²) in [5.41, 5.74) is 1.98. The highest BCUT2D eigenvalue weighted by molar-refractivity contribution is 6.31. The first-order valence-electron chi connectivity index (χ1n) is 6.89. The van der Waals surface area contributed by atoms with Crippen molar-refractivity contribution in [3.63, 3.8) is 0 Å². The van der Waals surface area contributed by atoms with Crippen molar-refractivity contribution < 1.29 is 0 Å². The lowest BCUT2D eigenvalue weighted by atomic mass is 10.2. The third-order valence-corrected chi connectivity index (χ3v) is 3.84. The molecular weight excluding hydrogens is 276 g/mol. The van der Waals surface area contributed by atoms with Gasteiger partial charge in [0.05, 0.1) is 22.5 Å². The summed E-state index contributed by atoms with van der Waals surface area (Å²) in [5.74, 6) is 0.902. The van der Waals surface area contributed by atoms with E-state index in [0.717, 1.165) is 35.2 Å². The largest absolute Gasteiger partial charge is 0.319 e. The van der Waals surface area contributed by atoms with Gasteiger partial charge in [0.2, 0.25) is 0 Å². The molecule has 1 unspecified atom stereocenters. The Hall–Kier alpha value is -1.40. The Morgan fingerprint density at radius 3 is 2.70 bits per heavy atom. The van der Waals surface area contributed by atoms with Gasteiger partial charge < -0.3 is 9.88 Å². The number of rotatable bonds is 6. The van der Waals surface area contributed by atoms with E-state index in [1.165, 1.54) is 0 Å². The van der Waals surface area contributed by atoms with Crippen LogP contribution in [0.3, 0.4) is 0 Å². The fourth-order valence-electron chi connectivity index (χ4n) is 2.21. The summed E-state index contributed by atoms with van der Waals surface area (Å²) < 4.78 is 3.87. The average molecular weight is 297 g/mol. The molecule has 1 N–H and O–H groups in total. The molecule has 7 heteroatoms. The Morgan fingerprint density at radius 1 is 1.40 bits per heavy atom. The molecule has 0 saturated heterocycles. The molecule has 0 aliphatic heterocycles. The summed E-state index contributed by atoms with van der Waals surface area (Å²) in [7, 11) is 1.94. The lowest BCUT2D eigenvalue weighted by Crippen LogP contribution is -2.22. The molecule has 0 aromatic carbocycles. The second-order valence-corrected chi connectivity index (χ2v) is 5.16. The van der Waals surface area contributed by atoms with Crippen LogP contribution in [0.1, 0.15) is 44.0 Å². The molecule has 20 heavy (non-hydrogen) atoms. The Balaban J connectivity index is 2.11. The van der Waals surface area contributed by atoms with Gasteiger partial charge in [0.15, 0.2) is 0 Å². The van der Waals surface area contributed by atoms with Crippen LogP contribution in [-0.2, 0) is 26.6 Å². The molecule has 2 rings (SSSR count). The maximum Gasteiger partial charge on any atom is 0.149 e. The number of aryl methyl sites for hydroxylation is 3. The Morgan fingerprint density at radius 2 is 2.15 bits per heavy atom. The van der Waals surface area contributed by atoms with E-state index in [4.69, 9.17) is 11.6 Å². The molecule has 0 aliphatic rings. The number of nitrogens with one attached hydrogen (secondary N) is 1. The van der Waals surface area contributed by atoms with E-state index in [-0.39, 0.29) is 6.04 Å². The molecule has 0 radical (unpaired) electrons. The van der Waals surface area contributed by atoms with E-state index in [2.05, 4.69) is 41.4 Å². The maximum absolute atomic E-state index is 6.39. The topological polar surface area (TPSA) is 60.6 Å². The Kier molecular flexibility index (Phi) is 4.77. The molecule has 6 nitrogen and oxygen atoms in total. The maximum atomic E-state index is 6.39. The zero-order valence-electron chi connectivity index (χ0n) is 12.4. The van der Waals surface area contributed by atoms with Gasteiger partial charge in [-0.3, -0.25) is 4.68 Å². The predicted molar refractivity (Wildman–Crippen MR) is 78.5 cm³/mol. The summed E-state index contributed by atoms with van der Waals surface area (Å²) in [6, 6.07) is 0.101. The lowest BCUT2D eigenvalue weighted by molar-refractivity contribution is 0.502. The third-order valence-electron chi connectivity index (χ3n) is 3.40. The number of hydrogen-bond acceptors (Lipinski definition) is 4. The van der Waals surface area contributed by atoms with E-state index >= 15 is 0 Å². The van der Waals surface area contributed by atoms with Gasteiger partial charge in [-0.2, -0.15) is 5.10 Å². The standard InChI is InChI=1S/C13H21ClN6/c1-5-10-12(14)11(20(6-2)18-10)7-15-9(3)13-17-16-8-19(13)4/h8-9,15H,5-7H2,1-4H3. The van der Waals surface area contributed by atoms with E-state index in [0.29, 0.717) is 6.54 Å². The molecule has 110 valence electrons. The second-order valence-electron chi connectivity index (χ2n) is 4.78. The van der Waals surface area contributed by atoms with Crippen LogP contribution in [0.4, 0.5) is 0 Å². The van der Waals surface area contributed by atoms with Gasteiger partial charge in [-0.05, 0) is 20.3 Å². The van der Waals surface area contributed by atoms with E-state index in [9.17, 15) is 0 Å². The first-order valence-corrected chi connectivity index (χ1v) is 7.27. The third kappa shape index (κ3) is 2.86. The zero-order valence-corrected chi connectivity index (χ0v) is 13.1. The molecular formula is C13H21ClN6. The summed E-state index contributed by atoms with van der Waals surface area (Å²) in [6.45, 7) is 7.67. The zero-order chi connectivity index (χ0) is 14.7. The SMILES string of the molecule is CCc1nn(CC)c(CNC(C)c2nncn2C)c1Cl. The van der Waals surface area contributed by atoms with Gasteiger partial charge >= 0.3 is 0 Å². The molecule has 0 aliphatic carbocycles. The van der Waals surface area contributed by atoms with Crippen molar-refractivity contribution in [2.75, 3.05) is 0 Å². The first kappa shape index (κ1) is 15.0. The number of hydrogen-bond donors (Lipinski definition) is 1. The van der Waals surface area contributed by atoms with Gasteiger partial charge in [0.1, 0.15) is 12.2 Å². The molecule has 0 spiro atoms. The number of halogens is 1. The molecule has 0 fully saturated rings. The molecule has 0 amide bonds. The highest BCUT2D eigenvalue weighted by Crippen LogP contribution is 2.22. The van der Waals surface area contributed by atoms with Crippen LogP contribution in [0, 0.1) is 0 Å². The van der Waals surface area contributed by atoms with Crippen molar-refractivity contribution in [2.24, 2.45) is 7.05 Å². The second kappa shape index (κ2) is 6.37. The van der Waals surface area contributed by atoms with Gasteiger partial charge in [0.25, 0.3) is 0 Å². The highest BCUT2D eigenvalue weighted by Gasteiger charge is 2.16. The minimum absolute atomic E-state index is 0.101. The lowest BCUT2D eigenvalue weighted by Gasteiger charge is -2.13. The van der Waals surface area contributed by atoms with Crippen LogP contribution >= 0.6 is 11.6 Å². The van der Waals surface area contributed by atoms with Crippen molar-refractivity contribution in [1.29, 1.82) is 0 Å². The van der Waals surface area contributed by atoms with Crippen LogP contribution in [0.15, 0.2) is 6.33 Å². The summed E-state index contributed by atoms with van der Waals surface area (Å²) in [4.78, 5) is 0. The Bertz CT molecular complexity index is 573. The van der Waals surface area contributed by atoms with Crippen LogP contribution in [0.2, 0.25) is 5.02 Å². The summed E-state index contributed by atoms with van der Waals surface area (Å²) >= 11 is 6.39. The first-order chi connectivity index (χ1) is 9.58.